The molecule has 0 radical (unpaired) electrons. The van der Waals surface area contributed by atoms with Crippen LogP contribution in [0.1, 0.15) is 33.7 Å². The molecule has 0 atom stereocenters. The third-order valence-electron chi connectivity index (χ3n) is 5.04. The highest BCUT2D eigenvalue weighted by Crippen LogP contribution is 2.31. The molecule has 2 aromatic rings. The smallest absolute Gasteiger partial charge is 0.337 e. The molecule has 2 aliphatic rings. The first-order valence-electron chi connectivity index (χ1n) is 9.44. The van der Waals surface area contributed by atoms with E-state index >= 15 is 0 Å². The zero-order valence-electron chi connectivity index (χ0n) is 16.1. The van der Waals surface area contributed by atoms with E-state index in [0.717, 1.165) is 0 Å². The van der Waals surface area contributed by atoms with Gasteiger partial charge in [-0.05, 0) is 24.3 Å². The number of piperidine rings is 1. The lowest BCUT2D eigenvalue weighted by Gasteiger charge is -2.37. The van der Waals surface area contributed by atoms with Crippen LogP contribution in [0.4, 0.5) is 11.6 Å². The van der Waals surface area contributed by atoms with Crippen molar-refractivity contribution in [1.29, 1.82) is 0 Å². The van der Waals surface area contributed by atoms with Crippen molar-refractivity contribution in [3.8, 4) is 0 Å². The number of methoxy groups -OCH3 is 1. The predicted molar refractivity (Wildman–Crippen MR) is 103 cm³/mol. The minimum atomic E-state index is -0.528. The summed E-state index contributed by atoms with van der Waals surface area (Å²) in [6.07, 6.45) is 2.83. The van der Waals surface area contributed by atoms with E-state index in [2.05, 4.69) is 15.3 Å². The second kappa shape index (κ2) is 8.14. The Bertz CT molecular complexity index is 903. The quantitative estimate of drug-likeness (QED) is 0.780. The Hall–Kier alpha value is -3.04. The van der Waals surface area contributed by atoms with Gasteiger partial charge in [0.05, 0.1) is 25.9 Å². The summed E-state index contributed by atoms with van der Waals surface area (Å²) in [5, 5.41) is 3.02. The number of carbonyl (C=O) groups is 2. The third-order valence-corrected chi connectivity index (χ3v) is 5.04. The van der Waals surface area contributed by atoms with E-state index in [0.29, 0.717) is 56.1 Å². The van der Waals surface area contributed by atoms with E-state index in [1.54, 1.807) is 35.2 Å². The van der Waals surface area contributed by atoms with Gasteiger partial charge in [0.25, 0.3) is 5.91 Å². The summed E-state index contributed by atoms with van der Waals surface area (Å²) in [5.74, 6) is -0.850. The van der Waals surface area contributed by atoms with Crippen molar-refractivity contribution in [3.63, 3.8) is 0 Å². The molecular weight excluding hydrogens is 376 g/mol. The zero-order valence-corrected chi connectivity index (χ0v) is 16.1. The van der Waals surface area contributed by atoms with Gasteiger partial charge < -0.3 is 24.4 Å². The van der Waals surface area contributed by atoms with E-state index in [1.807, 2.05) is 0 Å². The summed E-state index contributed by atoms with van der Waals surface area (Å²) < 4.78 is 16.1. The maximum absolute atomic E-state index is 12.9. The van der Waals surface area contributed by atoms with E-state index in [4.69, 9.17) is 14.2 Å². The van der Waals surface area contributed by atoms with Crippen LogP contribution in [-0.4, -0.2) is 65.9 Å². The zero-order chi connectivity index (χ0) is 20.3. The first kappa shape index (κ1) is 19.3. The number of nitrogens with zero attached hydrogens (tertiary/aromatic N) is 3. The van der Waals surface area contributed by atoms with Crippen molar-refractivity contribution in [2.24, 2.45) is 0 Å². The molecule has 2 saturated heterocycles. The predicted octanol–water partition coefficient (Wildman–Crippen LogP) is 1.99. The molecule has 2 fully saturated rings. The molecule has 0 bridgehead atoms. The Morgan fingerprint density at radius 3 is 2.66 bits per heavy atom. The highest BCUT2D eigenvalue weighted by molar-refractivity contribution is 5.93. The molecule has 0 unspecified atom stereocenters. The molecule has 0 saturated carbocycles. The topological polar surface area (TPSA) is 103 Å². The second-order valence-electron chi connectivity index (χ2n) is 6.86. The monoisotopic (exact) mass is 398 g/mol. The Morgan fingerprint density at radius 2 is 1.93 bits per heavy atom. The summed E-state index contributed by atoms with van der Waals surface area (Å²) in [7, 11) is 1.33. The molecule has 1 spiro atoms. The Labute approximate surface area is 168 Å². The standard InChI is InChI=1S/C20H22N4O5/c1-27-18(26)14-3-2-4-15(13-14)22-19-21-8-5-16(23-19)17(25)24-9-6-20(7-10-24)28-11-12-29-20/h2-5,8,13H,6-7,9-12H2,1H3,(H,21,22,23). The van der Waals surface area contributed by atoms with Crippen molar-refractivity contribution in [2.75, 3.05) is 38.7 Å². The van der Waals surface area contributed by atoms with Crippen molar-refractivity contribution in [2.45, 2.75) is 18.6 Å². The lowest BCUT2D eigenvalue weighted by atomic mass is 10.0. The van der Waals surface area contributed by atoms with Gasteiger partial charge in [-0.2, -0.15) is 0 Å². The van der Waals surface area contributed by atoms with Crippen LogP contribution in [0.5, 0.6) is 0 Å². The van der Waals surface area contributed by atoms with Crippen molar-refractivity contribution in [3.05, 3.63) is 47.8 Å². The molecule has 1 amide bonds. The molecule has 9 nitrogen and oxygen atoms in total. The molecule has 2 aliphatic heterocycles. The van der Waals surface area contributed by atoms with Crippen molar-refractivity contribution < 1.29 is 23.8 Å². The van der Waals surface area contributed by atoms with E-state index in [9.17, 15) is 9.59 Å². The molecule has 1 N–H and O–H groups in total. The fourth-order valence-electron chi connectivity index (χ4n) is 3.51. The van der Waals surface area contributed by atoms with Crippen LogP contribution in [-0.2, 0) is 14.2 Å². The van der Waals surface area contributed by atoms with Gasteiger partial charge >= 0.3 is 5.97 Å². The van der Waals surface area contributed by atoms with Gasteiger partial charge in [0.2, 0.25) is 5.95 Å². The summed E-state index contributed by atoms with van der Waals surface area (Å²) in [4.78, 5) is 34.8. The lowest BCUT2D eigenvalue weighted by Crippen LogP contribution is -2.47. The Morgan fingerprint density at radius 1 is 1.17 bits per heavy atom. The summed E-state index contributed by atoms with van der Waals surface area (Å²) in [6.45, 7) is 2.30. The number of benzene rings is 1. The first-order chi connectivity index (χ1) is 14.1. The second-order valence-corrected chi connectivity index (χ2v) is 6.86. The number of aromatic nitrogens is 2. The number of rotatable bonds is 4. The maximum Gasteiger partial charge on any atom is 0.337 e. The van der Waals surface area contributed by atoms with Gasteiger partial charge in [-0.25, -0.2) is 14.8 Å². The third kappa shape index (κ3) is 4.20. The molecule has 1 aromatic heterocycles. The van der Waals surface area contributed by atoms with Crippen LogP contribution in [0, 0.1) is 0 Å². The van der Waals surface area contributed by atoms with Gasteiger partial charge in [-0.15, -0.1) is 0 Å². The van der Waals surface area contributed by atoms with Crippen LogP contribution in [0.25, 0.3) is 0 Å². The number of nitrogens with one attached hydrogen (secondary N) is 1. The summed E-state index contributed by atoms with van der Waals surface area (Å²) in [6, 6.07) is 8.37. The average molecular weight is 398 g/mol. The van der Waals surface area contributed by atoms with Gasteiger partial charge in [-0.3, -0.25) is 4.79 Å². The summed E-state index contributed by atoms with van der Waals surface area (Å²) in [5.41, 5.74) is 1.33. The minimum absolute atomic E-state index is 0.161. The van der Waals surface area contributed by atoms with Crippen LogP contribution in [0.15, 0.2) is 36.5 Å². The number of anilines is 2. The molecular formula is C20H22N4O5. The van der Waals surface area contributed by atoms with Gasteiger partial charge in [-0.1, -0.05) is 6.07 Å². The first-order valence-corrected chi connectivity index (χ1v) is 9.44. The molecule has 1 aromatic carbocycles. The Kier molecular flexibility index (Phi) is 5.41. The summed E-state index contributed by atoms with van der Waals surface area (Å²) >= 11 is 0. The fourth-order valence-corrected chi connectivity index (χ4v) is 3.51. The van der Waals surface area contributed by atoms with E-state index in [-0.39, 0.29) is 11.9 Å². The number of likely N-dealkylation sites (tertiary alicyclic amines) is 1. The highest BCUT2D eigenvalue weighted by Gasteiger charge is 2.41. The Balaban J connectivity index is 1.43. The minimum Gasteiger partial charge on any atom is -0.465 e. The number of hydrogen-bond donors (Lipinski definition) is 1. The van der Waals surface area contributed by atoms with Crippen LogP contribution < -0.4 is 5.32 Å². The van der Waals surface area contributed by atoms with Gasteiger partial charge in [0.15, 0.2) is 5.79 Å². The van der Waals surface area contributed by atoms with Gasteiger partial charge in [0.1, 0.15) is 5.69 Å². The number of ether oxygens (including phenoxy) is 3. The molecule has 3 heterocycles. The van der Waals surface area contributed by atoms with Crippen LogP contribution in [0.3, 0.4) is 0 Å². The highest BCUT2D eigenvalue weighted by atomic mass is 16.7. The fraction of sp³-hybridized carbons (Fsp3) is 0.400. The van der Waals surface area contributed by atoms with Crippen molar-refractivity contribution in [1.82, 2.24) is 14.9 Å². The normalized spacial score (nSPS) is 17.9. The number of esters is 1. The SMILES string of the molecule is COC(=O)c1cccc(Nc2nccc(C(=O)N3CCC4(CC3)OCCO4)n2)c1. The van der Waals surface area contributed by atoms with Crippen LogP contribution >= 0.6 is 0 Å². The average Bonchev–Trinajstić information content (AvgIpc) is 3.21. The molecule has 0 aliphatic carbocycles. The largest absolute Gasteiger partial charge is 0.465 e. The number of carbonyl (C=O) groups excluding carboxylic acids is 2. The number of amides is 1. The molecule has 152 valence electrons. The molecule has 4 rings (SSSR count). The van der Waals surface area contributed by atoms with Gasteiger partial charge in [0, 0.05) is 37.8 Å². The molecule has 29 heavy (non-hydrogen) atoms. The van der Waals surface area contributed by atoms with E-state index < -0.39 is 11.8 Å². The maximum atomic E-state index is 12.9. The van der Waals surface area contributed by atoms with Crippen LogP contribution in [0.2, 0.25) is 0 Å². The van der Waals surface area contributed by atoms with E-state index in [1.165, 1.54) is 13.3 Å². The van der Waals surface area contributed by atoms with Crippen molar-refractivity contribution >= 4 is 23.5 Å². The lowest BCUT2D eigenvalue weighted by molar-refractivity contribution is -0.181. The molecule has 9 heteroatoms. The number of hydrogen-bond acceptors (Lipinski definition) is 8.